The van der Waals surface area contributed by atoms with Gasteiger partial charge in [0.2, 0.25) is 0 Å². The fourth-order valence-electron chi connectivity index (χ4n) is 0.762. The largest absolute Gasteiger partial charge is 0.461 e. The smallest absolute Gasteiger partial charge is 0.157 e. The number of hydrogen-bond donors (Lipinski definition) is 0. The van der Waals surface area contributed by atoms with Crippen molar-refractivity contribution in [1.82, 2.24) is 10.2 Å². The number of nitrogens with zero attached hydrogens (tertiary/aromatic N) is 2. The zero-order valence-electron chi connectivity index (χ0n) is 4.91. The predicted octanol–water partition coefficient (Wildman–Crippen LogP) is 1.88. The second-order valence-electron chi connectivity index (χ2n) is 1.85. The Morgan fingerprint density at radius 1 is 1.30 bits per heavy atom. The van der Waals surface area contributed by atoms with Crippen LogP contribution in [-0.4, -0.2) is 10.2 Å². The number of hydrogen-bond acceptors (Lipinski definition) is 3. The van der Waals surface area contributed by atoms with Gasteiger partial charge in [0.1, 0.15) is 6.26 Å². The van der Waals surface area contributed by atoms with Gasteiger partial charge in [0.15, 0.2) is 5.58 Å². The zero-order chi connectivity index (χ0) is 6.97. The Kier molecular flexibility index (Phi) is 1.11. The van der Waals surface area contributed by atoms with E-state index >= 15 is 0 Å². The fraction of sp³-hybridized carbons (Fsp3) is 0. The van der Waals surface area contributed by atoms with E-state index in [1.807, 2.05) is 0 Å². The molecule has 4 heteroatoms. The third kappa shape index (κ3) is 0.675. The minimum Gasteiger partial charge on any atom is -0.461 e. The van der Waals surface area contributed by atoms with Gasteiger partial charge in [-0.2, -0.15) is 10.2 Å². The number of rotatable bonds is 0. The average molecular weight is 155 g/mol. The van der Waals surface area contributed by atoms with Gasteiger partial charge in [-0.05, 0) is 0 Å². The van der Waals surface area contributed by atoms with Crippen LogP contribution in [0.15, 0.2) is 23.1 Å². The number of furan rings is 1. The Morgan fingerprint density at radius 3 is 2.90 bits per heavy atom. The van der Waals surface area contributed by atoms with Gasteiger partial charge in [0.05, 0.1) is 22.8 Å². The highest BCUT2D eigenvalue weighted by Gasteiger charge is 2.01. The van der Waals surface area contributed by atoms with Crippen LogP contribution in [0, 0.1) is 0 Å². The van der Waals surface area contributed by atoms with Gasteiger partial charge in [0.25, 0.3) is 0 Å². The molecule has 0 aliphatic carbocycles. The summed E-state index contributed by atoms with van der Waals surface area (Å²) >= 11 is 5.71. The molecule has 0 amide bonds. The molecule has 2 aromatic heterocycles. The molecule has 0 aliphatic heterocycles. The van der Waals surface area contributed by atoms with Gasteiger partial charge in [-0.15, -0.1) is 0 Å². The summed E-state index contributed by atoms with van der Waals surface area (Å²) in [5, 5.41) is 8.65. The second-order valence-corrected chi connectivity index (χ2v) is 2.26. The molecule has 10 heavy (non-hydrogen) atoms. The van der Waals surface area contributed by atoms with Crippen molar-refractivity contribution in [2.45, 2.75) is 0 Å². The maximum Gasteiger partial charge on any atom is 0.157 e. The summed E-state index contributed by atoms with van der Waals surface area (Å²) in [5.74, 6) is 0. The first-order valence-electron chi connectivity index (χ1n) is 2.71. The minimum absolute atomic E-state index is 0.574. The minimum atomic E-state index is 0.574. The van der Waals surface area contributed by atoms with Crippen molar-refractivity contribution in [3.63, 3.8) is 0 Å². The van der Waals surface area contributed by atoms with E-state index in [2.05, 4.69) is 10.2 Å². The third-order valence-electron chi connectivity index (χ3n) is 1.24. The van der Waals surface area contributed by atoms with Gasteiger partial charge in [0, 0.05) is 0 Å². The highest BCUT2D eigenvalue weighted by atomic mass is 35.5. The van der Waals surface area contributed by atoms with Crippen molar-refractivity contribution < 1.29 is 4.42 Å². The lowest BCUT2D eigenvalue weighted by molar-refractivity contribution is 0.613. The lowest BCUT2D eigenvalue weighted by Gasteiger charge is -1.81. The zero-order valence-corrected chi connectivity index (χ0v) is 5.67. The quantitative estimate of drug-likeness (QED) is 0.582. The van der Waals surface area contributed by atoms with Crippen molar-refractivity contribution in [3.05, 3.63) is 23.7 Å². The molecule has 0 N–H and O–H groups in total. The van der Waals surface area contributed by atoms with Gasteiger partial charge in [-0.25, -0.2) is 0 Å². The molecule has 0 saturated heterocycles. The topological polar surface area (TPSA) is 38.9 Å². The monoisotopic (exact) mass is 154 g/mol. The van der Waals surface area contributed by atoms with Crippen LogP contribution in [0.1, 0.15) is 0 Å². The normalized spacial score (nSPS) is 10.5. The molecular weight excluding hydrogens is 152 g/mol. The van der Waals surface area contributed by atoms with Crippen LogP contribution in [-0.2, 0) is 0 Å². The van der Waals surface area contributed by atoms with Crippen LogP contribution < -0.4 is 0 Å². The Bertz CT molecular complexity index is 357. The van der Waals surface area contributed by atoms with Gasteiger partial charge in [-0.1, -0.05) is 11.6 Å². The molecule has 0 fully saturated rings. The van der Waals surface area contributed by atoms with Crippen LogP contribution in [0.5, 0.6) is 0 Å². The first kappa shape index (κ1) is 5.68. The Labute approximate surface area is 61.6 Å². The first-order chi connectivity index (χ1) is 4.88. The van der Waals surface area contributed by atoms with Crippen LogP contribution in [0.4, 0.5) is 0 Å². The van der Waals surface area contributed by atoms with Crippen molar-refractivity contribution in [1.29, 1.82) is 0 Å². The predicted molar refractivity (Wildman–Crippen MR) is 36.8 cm³/mol. The molecule has 50 valence electrons. The molecule has 0 aliphatic rings. The summed E-state index contributed by atoms with van der Waals surface area (Å²) in [5.41, 5.74) is 0.667. The summed E-state index contributed by atoms with van der Waals surface area (Å²) in [6, 6.07) is 0. The number of halogens is 1. The molecule has 0 spiro atoms. The van der Waals surface area contributed by atoms with E-state index in [1.54, 1.807) is 6.20 Å². The number of aromatic nitrogens is 2. The van der Waals surface area contributed by atoms with Crippen molar-refractivity contribution in [2.75, 3.05) is 0 Å². The molecule has 0 atom stereocenters. The number of fused-ring (bicyclic) bond motifs is 1. The highest BCUT2D eigenvalue weighted by Crippen LogP contribution is 2.22. The Balaban J connectivity index is 2.93. The Morgan fingerprint density at radius 2 is 2.10 bits per heavy atom. The third-order valence-corrected chi connectivity index (χ3v) is 1.53. The van der Waals surface area contributed by atoms with Gasteiger partial charge in [-0.3, -0.25) is 0 Å². The van der Waals surface area contributed by atoms with Crippen molar-refractivity contribution in [3.8, 4) is 0 Å². The molecule has 2 rings (SSSR count). The SMILES string of the molecule is Clc1coc2cnncc12. The van der Waals surface area contributed by atoms with Crippen LogP contribution in [0.3, 0.4) is 0 Å². The molecule has 0 bridgehead atoms. The molecule has 3 nitrogen and oxygen atoms in total. The molecule has 0 unspecified atom stereocenters. The van der Waals surface area contributed by atoms with Crippen molar-refractivity contribution in [2.24, 2.45) is 0 Å². The molecule has 0 saturated carbocycles. The average Bonchev–Trinajstić information content (AvgIpc) is 2.34. The summed E-state index contributed by atoms with van der Waals surface area (Å²) in [7, 11) is 0. The maximum atomic E-state index is 5.71. The van der Waals surface area contributed by atoms with Gasteiger partial charge < -0.3 is 4.42 Å². The molecule has 0 aromatic carbocycles. The van der Waals surface area contributed by atoms with E-state index in [0.29, 0.717) is 10.6 Å². The first-order valence-corrected chi connectivity index (χ1v) is 3.09. The highest BCUT2D eigenvalue weighted by molar-refractivity contribution is 6.35. The van der Waals surface area contributed by atoms with Crippen LogP contribution >= 0.6 is 11.6 Å². The van der Waals surface area contributed by atoms with E-state index in [-0.39, 0.29) is 0 Å². The molecule has 0 radical (unpaired) electrons. The lowest BCUT2D eigenvalue weighted by atomic mass is 10.4. The summed E-state index contributed by atoms with van der Waals surface area (Å²) in [6.45, 7) is 0. The van der Waals surface area contributed by atoms with E-state index < -0.39 is 0 Å². The van der Waals surface area contributed by atoms with E-state index in [1.165, 1.54) is 12.5 Å². The summed E-state index contributed by atoms with van der Waals surface area (Å²) < 4.78 is 5.01. The molecule has 2 heterocycles. The van der Waals surface area contributed by atoms with E-state index in [4.69, 9.17) is 16.0 Å². The van der Waals surface area contributed by atoms with Gasteiger partial charge >= 0.3 is 0 Å². The Hall–Kier alpha value is -1.09. The van der Waals surface area contributed by atoms with E-state index in [0.717, 1.165) is 5.39 Å². The lowest BCUT2D eigenvalue weighted by Crippen LogP contribution is -1.74. The van der Waals surface area contributed by atoms with Crippen LogP contribution in [0.25, 0.3) is 11.0 Å². The molecule has 2 aromatic rings. The standard InChI is InChI=1S/C6H3ClN2O/c7-5-3-10-6-2-9-8-1-4(5)6/h1-3H. The van der Waals surface area contributed by atoms with E-state index in [9.17, 15) is 0 Å². The van der Waals surface area contributed by atoms with Crippen molar-refractivity contribution >= 4 is 22.6 Å². The second kappa shape index (κ2) is 1.95. The summed E-state index contributed by atoms with van der Waals surface area (Å²) in [4.78, 5) is 0. The summed E-state index contributed by atoms with van der Waals surface area (Å²) in [6.07, 6.45) is 4.57. The molecular formula is C6H3ClN2O. The maximum absolute atomic E-state index is 5.71. The van der Waals surface area contributed by atoms with Crippen LogP contribution in [0.2, 0.25) is 5.02 Å². The fourth-order valence-corrected chi connectivity index (χ4v) is 0.948.